The van der Waals surface area contributed by atoms with E-state index >= 15 is 0 Å². The van der Waals surface area contributed by atoms with E-state index in [1.54, 1.807) is 38.5 Å². The highest BCUT2D eigenvalue weighted by molar-refractivity contribution is 8.02. The smallest absolute Gasteiger partial charge is 0.253 e. The molecule has 3 heterocycles. The van der Waals surface area contributed by atoms with Gasteiger partial charge in [-0.05, 0) is 145 Å². The number of hydrazone groups is 2. The molecule has 10 rings (SSSR count). The molecule has 14 heteroatoms. The maximum Gasteiger partial charge on any atom is 0.253 e. The van der Waals surface area contributed by atoms with Gasteiger partial charge in [0.2, 0.25) is 0 Å². The van der Waals surface area contributed by atoms with Gasteiger partial charge in [0.1, 0.15) is 33.0 Å². The summed E-state index contributed by atoms with van der Waals surface area (Å²) in [5.74, 6) is 2.96. The summed E-state index contributed by atoms with van der Waals surface area (Å²) < 4.78 is 21.8. The molecule has 0 N–H and O–H groups in total. The molecule has 6 aromatic rings. The Bertz CT molecular complexity index is 2810. The van der Waals surface area contributed by atoms with E-state index in [-0.39, 0.29) is 47.2 Å². The number of para-hydroxylation sites is 2. The van der Waals surface area contributed by atoms with E-state index in [9.17, 15) is 9.59 Å². The zero-order chi connectivity index (χ0) is 48.1. The molecule has 70 heavy (non-hydrogen) atoms. The third kappa shape index (κ3) is 9.80. The highest BCUT2D eigenvalue weighted by atomic mass is 32.2. The molecule has 12 nitrogen and oxygen atoms in total. The lowest BCUT2D eigenvalue weighted by Crippen LogP contribution is -2.33. The van der Waals surface area contributed by atoms with E-state index in [4.69, 9.17) is 39.1 Å². The molecule has 2 amide bonds. The Morgan fingerprint density at radius 2 is 0.886 bits per heavy atom. The first kappa shape index (κ1) is 46.8. The van der Waals surface area contributed by atoms with Crippen molar-refractivity contribution in [3.05, 3.63) is 155 Å². The normalized spacial score (nSPS) is 20.7. The second kappa shape index (κ2) is 21.0. The Hall–Kier alpha value is -6.90. The monoisotopic (exact) mass is 970 g/mol. The SMILES string of the molecule is COc1ccc(C=C2CCCC3C2=NN(C(=O)CSc2nc4ccccc4nc2SCC(=O)N2N=C4C(=Cc5ccc(OC)cc5)CCCC4C2c2ccc(OC)cc2)C3c2ccc(OC)cc2)cc1. The van der Waals surface area contributed by atoms with Crippen LogP contribution >= 0.6 is 23.5 Å². The van der Waals surface area contributed by atoms with Crippen molar-refractivity contribution in [3.8, 4) is 23.0 Å². The van der Waals surface area contributed by atoms with Crippen LogP contribution in [0.15, 0.2) is 153 Å². The third-order valence-electron chi connectivity index (χ3n) is 13.5. The summed E-state index contributed by atoms with van der Waals surface area (Å²) in [6.07, 6.45) is 9.88. The van der Waals surface area contributed by atoms with Crippen LogP contribution in [0.1, 0.15) is 72.9 Å². The van der Waals surface area contributed by atoms with Crippen LogP contribution in [-0.4, -0.2) is 83.2 Å². The number of amides is 2. The van der Waals surface area contributed by atoms with Gasteiger partial charge in [-0.1, -0.05) is 84.2 Å². The van der Waals surface area contributed by atoms with Crippen molar-refractivity contribution in [2.45, 2.75) is 60.7 Å². The summed E-state index contributed by atoms with van der Waals surface area (Å²) in [6, 6.07) is 39.0. The molecular formula is C56H54N6O6S2. The minimum absolute atomic E-state index is 0.0203. The van der Waals surface area contributed by atoms with Gasteiger partial charge in [0.15, 0.2) is 0 Å². The molecule has 0 radical (unpaired) electrons. The number of aromatic nitrogens is 2. The van der Waals surface area contributed by atoms with Crippen LogP contribution in [0.4, 0.5) is 0 Å². The van der Waals surface area contributed by atoms with Crippen molar-refractivity contribution < 1.29 is 28.5 Å². The zero-order valence-electron chi connectivity index (χ0n) is 39.6. The van der Waals surface area contributed by atoms with Crippen molar-refractivity contribution in [1.82, 2.24) is 20.0 Å². The number of allylic oxidation sites excluding steroid dienone is 2. The molecule has 4 atom stereocenters. The Kier molecular flexibility index (Phi) is 14.0. The Morgan fingerprint density at radius 3 is 1.24 bits per heavy atom. The minimum Gasteiger partial charge on any atom is -0.497 e. The number of hydrogen-bond acceptors (Lipinski definition) is 12. The largest absolute Gasteiger partial charge is 0.497 e. The first-order chi connectivity index (χ1) is 34.3. The number of carbonyl (C=O) groups is 2. The van der Waals surface area contributed by atoms with Gasteiger partial charge in [0.25, 0.3) is 11.8 Å². The number of methoxy groups -OCH3 is 4. The van der Waals surface area contributed by atoms with Crippen LogP contribution in [0, 0.1) is 11.8 Å². The van der Waals surface area contributed by atoms with Gasteiger partial charge in [-0.25, -0.2) is 20.0 Å². The topological polar surface area (TPSA) is 128 Å². The summed E-state index contributed by atoms with van der Waals surface area (Å²) in [7, 11) is 6.63. The number of nitrogens with zero attached hydrogens (tertiary/aromatic N) is 6. The van der Waals surface area contributed by atoms with Crippen LogP contribution in [-0.2, 0) is 9.59 Å². The van der Waals surface area contributed by atoms with Crippen LogP contribution < -0.4 is 18.9 Å². The van der Waals surface area contributed by atoms with E-state index in [1.807, 2.05) is 121 Å². The van der Waals surface area contributed by atoms with E-state index in [0.29, 0.717) is 21.1 Å². The summed E-state index contributed by atoms with van der Waals surface area (Å²) in [6.45, 7) is 0. The predicted molar refractivity (Wildman–Crippen MR) is 278 cm³/mol. The molecule has 356 valence electrons. The van der Waals surface area contributed by atoms with E-state index < -0.39 is 0 Å². The highest BCUT2D eigenvalue weighted by Crippen LogP contribution is 2.47. The van der Waals surface area contributed by atoms with E-state index in [2.05, 4.69) is 12.2 Å². The number of hydrogen-bond donors (Lipinski definition) is 0. The first-order valence-corrected chi connectivity index (χ1v) is 25.6. The quantitative estimate of drug-likeness (QED) is 0.0973. The molecule has 4 aliphatic rings. The lowest BCUT2D eigenvalue weighted by atomic mass is 9.77. The van der Waals surface area contributed by atoms with Crippen LogP contribution in [0.3, 0.4) is 0 Å². The fraction of sp³-hybridized carbons (Fsp3) is 0.286. The molecule has 2 saturated carbocycles. The van der Waals surface area contributed by atoms with Gasteiger partial charge in [0.05, 0.1) is 74.5 Å². The molecule has 2 aliphatic carbocycles. The van der Waals surface area contributed by atoms with Crippen molar-refractivity contribution in [2.75, 3.05) is 39.9 Å². The summed E-state index contributed by atoms with van der Waals surface area (Å²) >= 11 is 2.65. The molecule has 5 aromatic carbocycles. The predicted octanol–water partition coefficient (Wildman–Crippen LogP) is 11.5. The van der Waals surface area contributed by atoms with Crippen LogP contribution in [0.5, 0.6) is 23.0 Å². The lowest BCUT2D eigenvalue weighted by molar-refractivity contribution is -0.131. The Morgan fingerprint density at radius 1 is 0.529 bits per heavy atom. The summed E-state index contributed by atoms with van der Waals surface area (Å²) in [5.41, 5.74) is 9.66. The van der Waals surface area contributed by atoms with Crippen molar-refractivity contribution in [3.63, 3.8) is 0 Å². The summed E-state index contributed by atoms with van der Waals surface area (Å²) in [4.78, 5) is 39.5. The standard InChI is InChI=1S/C56H54N6O6S2/c1-65-41-23-15-35(16-24-41)31-39-9-7-11-45-51(39)59-61(53(45)37-19-27-43(67-3)28-20-37)49(63)33-69-55-56(58-48-14-6-5-13-47(48)57-55)70-34-50(64)62-54(38-21-29-44(68-4)30-22-38)46-12-8-10-40(52(46)60-62)32-36-17-25-42(66-2)26-18-36/h5-6,13-32,45-46,53-54H,7-12,33-34H2,1-4H3. The average Bonchev–Trinajstić information content (AvgIpc) is 4.01. The van der Waals surface area contributed by atoms with Gasteiger partial charge in [-0.15, -0.1) is 0 Å². The summed E-state index contributed by atoms with van der Waals surface area (Å²) in [5, 5.41) is 14.9. The van der Waals surface area contributed by atoms with Crippen LogP contribution in [0.2, 0.25) is 0 Å². The van der Waals surface area contributed by atoms with E-state index in [1.165, 1.54) is 23.5 Å². The number of fused-ring (bicyclic) bond motifs is 3. The minimum atomic E-state index is -0.293. The molecule has 4 unspecified atom stereocenters. The maximum absolute atomic E-state index is 14.7. The number of ether oxygens (including phenoxy) is 4. The van der Waals surface area contributed by atoms with Crippen molar-refractivity contribution in [2.24, 2.45) is 22.0 Å². The number of rotatable bonds is 14. The van der Waals surface area contributed by atoms with Gasteiger partial charge in [-0.3, -0.25) is 9.59 Å². The zero-order valence-corrected chi connectivity index (χ0v) is 41.3. The second-order valence-electron chi connectivity index (χ2n) is 17.7. The number of thioether (sulfide) groups is 2. The van der Waals surface area contributed by atoms with Crippen LogP contribution in [0.25, 0.3) is 23.2 Å². The molecule has 2 aliphatic heterocycles. The van der Waals surface area contributed by atoms with Crippen molar-refractivity contribution >= 4 is 69.9 Å². The van der Waals surface area contributed by atoms with E-state index in [0.717, 1.165) is 106 Å². The molecule has 2 fully saturated rings. The number of carbonyl (C=O) groups excluding carboxylic acids is 2. The third-order valence-corrected chi connectivity index (χ3v) is 15.5. The first-order valence-electron chi connectivity index (χ1n) is 23.6. The number of benzene rings is 5. The fourth-order valence-electron chi connectivity index (χ4n) is 10.0. The van der Waals surface area contributed by atoms with Crippen molar-refractivity contribution in [1.29, 1.82) is 0 Å². The second-order valence-corrected chi connectivity index (χ2v) is 19.6. The lowest BCUT2D eigenvalue weighted by Gasteiger charge is -2.30. The molecule has 0 spiro atoms. The highest BCUT2D eigenvalue weighted by Gasteiger charge is 2.45. The molecule has 0 saturated heterocycles. The average molecular weight is 971 g/mol. The van der Waals surface area contributed by atoms with Gasteiger partial charge >= 0.3 is 0 Å². The van der Waals surface area contributed by atoms with Gasteiger partial charge in [0, 0.05) is 11.8 Å². The molecular weight excluding hydrogens is 917 g/mol. The Labute approximate surface area is 416 Å². The van der Waals surface area contributed by atoms with Gasteiger partial charge < -0.3 is 18.9 Å². The molecule has 1 aromatic heterocycles. The fourth-order valence-corrected chi connectivity index (χ4v) is 11.8. The Balaban J connectivity index is 0.926. The molecule has 0 bridgehead atoms. The maximum atomic E-state index is 14.7. The van der Waals surface area contributed by atoms with Gasteiger partial charge in [-0.2, -0.15) is 10.2 Å².